The summed E-state index contributed by atoms with van der Waals surface area (Å²) >= 11 is 0. The zero-order valence-electron chi connectivity index (χ0n) is 21.0. The van der Waals surface area contributed by atoms with E-state index in [-0.39, 0.29) is 22.9 Å². The van der Waals surface area contributed by atoms with Crippen LogP contribution in [0.2, 0.25) is 0 Å². The molecule has 3 rings (SSSR count). The van der Waals surface area contributed by atoms with Crippen LogP contribution >= 0.6 is 0 Å². The molecule has 0 saturated carbocycles. The molecule has 1 N–H and O–H groups in total. The Morgan fingerprint density at radius 2 is 1.41 bits per heavy atom. The molecule has 0 fully saturated rings. The third-order valence-corrected chi connectivity index (χ3v) is 9.16. The topological polar surface area (TPSA) is 113 Å². The largest absolute Gasteiger partial charge is 0.492 e. The van der Waals surface area contributed by atoms with Gasteiger partial charge in [-0.2, -0.15) is 0 Å². The quantitative estimate of drug-likeness (QED) is 0.350. The van der Waals surface area contributed by atoms with Crippen LogP contribution in [-0.2, 0) is 31.3 Å². The van der Waals surface area contributed by atoms with Crippen LogP contribution in [-0.4, -0.2) is 60.8 Å². The molecular weight excluding hydrogens is 514 g/mol. The molecule has 37 heavy (non-hydrogen) atoms. The van der Waals surface area contributed by atoms with Crippen molar-refractivity contribution in [2.45, 2.75) is 23.1 Å². The number of amides is 1. The van der Waals surface area contributed by atoms with Crippen molar-refractivity contribution in [1.82, 2.24) is 9.62 Å². The van der Waals surface area contributed by atoms with Gasteiger partial charge in [-0.15, -0.1) is 0 Å². The molecule has 0 spiro atoms. The molecule has 0 atom stereocenters. The molecule has 0 heterocycles. The van der Waals surface area contributed by atoms with E-state index in [2.05, 4.69) is 5.32 Å². The average molecular weight is 546 g/mol. The zero-order chi connectivity index (χ0) is 27.1. The van der Waals surface area contributed by atoms with Crippen LogP contribution in [0.5, 0.6) is 5.75 Å². The SMILES string of the molecule is CCc1ccccc1N(CC(=O)NCCOc1ccc(S(=O)(=O)N(C)C)cc1)S(=O)(=O)c1ccccc1. The van der Waals surface area contributed by atoms with Gasteiger partial charge in [0.25, 0.3) is 10.0 Å². The highest BCUT2D eigenvalue weighted by Crippen LogP contribution is 2.27. The highest BCUT2D eigenvalue weighted by molar-refractivity contribution is 7.92. The molecule has 0 unspecified atom stereocenters. The minimum absolute atomic E-state index is 0.0942. The molecule has 9 nitrogen and oxygen atoms in total. The van der Waals surface area contributed by atoms with E-state index in [1.807, 2.05) is 19.1 Å². The van der Waals surface area contributed by atoms with Crippen molar-refractivity contribution in [3.63, 3.8) is 0 Å². The van der Waals surface area contributed by atoms with Crippen molar-refractivity contribution in [2.24, 2.45) is 0 Å². The van der Waals surface area contributed by atoms with Gasteiger partial charge in [0.1, 0.15) is 18.9 Å². The van der Waals surface area contributed by atoms with E-state index in [4.69, 9.17) is 4.74 Å². The fraction of sp³-hybridized carbons (Fsp3) is 0.269. The number of hydrogen-bond acceptors (Lipinski definition) is 6. The van der Waals surface area contributed by atoms with Crippen molar-refractivity contribution in [3.8, 4) is 5.75 Å². The van der Waals surface area contributed by atoms with Crippen molar-refractivity contribution in [1.29, 1.82) is 0 Å². The van der Waals surface area contributed by atoms with E-state index in [0.29, 0.717) is 17.9 Å². The number of carbonyl (C=O) groups is 1. The maximum Gasteiger partial charge on any atom is 0.264 e. The van der Waals surface area contributed by atoms with E-state index < -0.39 is 32.5 Å². The van der Waals surface area contributed by atoms with Gasteiger partial charge in [-0.05, 0) is 54.4 Å². The summed E-state index contributed by atoms with van der Waals surface area (Å²) in [5, 5.41) is 2.69. The molecular formula is C26H31N3O6S2. The number of para-hydroxylation sites is 1. The zero-order valence-corrected chi connectivity index (χ0v) is 22.6. The Labute approximate surface area is 218 Å². The first-order valence-corrected chi connectivity index (χ1v) is 14.5. The lowest BCUT2D eigenvalue weighted by atomic mass is 10.1. The van der Waals surface area contributed by atoms with Gasteiger partial charge in [-0.25, -0.2) is 21.1 Å². The first-order valence-electron chi connectivity index (χ1n) is 11.6. The summed E-state index contributed by atoms with van der Waals surface area (Å²) in [5.74, 6) is -0.0430. The number of carbonyl (C=O) groups excluding carboxylic acids is 1. The molecule has 0 saturated heterocycles. The molecule has 0 aliphatic rings. The maximum atomic E-state index is 13.5. The third-order valence-electron chi connectivity index (χ3n) is 5.55. The van der Waals surface area contributed by atoms with Gasteiger partial charge in [0.2, 0.25) is 15.9 Å². The lowest BCUT2D eigenvalue weighted by molar-refractivity contribution is -0.119. The second-order valence-corrected chi connectivity index (χ2v) is 12.3. The van der Waals surface area contributed by atoms with Crippen molar-refractivity contribution >= 4 is 31.6 Å². The third kappa shape index (κ3) is 6.88. The lowest BCUT2D eigenvalue weighted by Gasteiger charge is -2.26. The summed E-state index contributed by atoms with van der Waals surface area (Å²) in [6, 6.07) is 21.1. The molecule has 0 aliphatic heterocycles. The highest BCUT2D eigenvalue weighted by Gasteiger charge is 2.28. The van der Waals surface area contributed by atoms with Crippen LogP contribution < -0.4 is 14.4 Å². The van der Waals surface area contributed by atoms with Crippen molar-refractivity contribution in [2.75, 3.05) is 38.1 Å². The van der Waals surface area contributed by atoms with E-state index in [1.54, 1.807) is 30.3 Å². The van der Waals surface area contributed by atoms with Gasteiger partial charge in [-0.1, -0.05) is 43.3 Å². The molecule has 198 valence electrons. The van der Waals surface area contributed by atoms with Crippen LogP contribution in [0.25, 0.3) is 0 Å². The smallest absolute Gasteiger partial charge is 0.264 e. The molecule has 0 radical (unpaired) electrons. The molecule has 3 aromatic carbocycles. The molecule has 0 bridgehead atoms. The number of nitrogens with zero attached hydrogens (tertiary/aromatic N) is 2. The standard InChI is InChI=1S/C26H31N3O6S2/c1-4-21-10-8-9-13-25(21)29(37(33,34)23-11-6-5-7-12-23)20-26(30)27-18-19-35-22-14-16-24(17-15-22)36(31,32)28(2)3/h5-17H,4,18-20H2,1-3H3,(H,27,30). The Morgan fingerprint density at radius 1 is 0.811 bits per heavy atom. The van der Waals surface area contributed by atoms with Crippen LogP contribution in [0.15, 0.2) is 88.7 Å². The minimum atomic E-state index is -3.99. The van der Waals surface area contributed by atoms with Crippen LogP contribution in [0.1, 0.15) is 12.5 Å². The number of benzene rings is 3. The minimum Gasteiger partial charge on any atom is -0.492 e. The van der Waals surface area contributed by atoms with Crippen LogP contribution in [0, 0.1) is 0 Å². The Hall–Kier alpha value is -3.41. The van der Waals surface area contributed by atoms with Gasteiger partial charge >= 0.3 is 0 Å². The fourth-order valence-electron chi connectivity index (χ4n) is 3.54. The number of aryl methyl sites for hydroxylation is 1. The summed E-state index contributed by atoms with van der Waals surface area (Å²) in [6.45, 7) is 1.77. The number of ether oxygens (including phenoxy) is 1. The molecule has 3 aromatic rings. The van der Waals surface area contributed by atoms with Gasteiger partial charge in [0.15, 0.2) is 0 Å². The number of rotatable bonds is 12. The van der Waals surface area contributed by atoms with E-state index in [9.17, 15) is 21.6 Å². The van der Waals surface area contributed by atoms with Crippen LogP contribution in [0.3, 0.4) is 0 Å². The van der Waals surface area contributed by atoms with E-state index in [1.165, 1.54) is 50.5 Å². The van der Waals surface area contributed by atoms with Gasteiger partial charge in [0.05, 0.1) is 22.0 Å². The van der Waals surface area contributed by atoms with Gasteiger partial charge in [0, 0.05) is 14.1 Å². The summed E-state index contributed by atoms with van der Waals surface area (Å²) in [5.41, 5.74) is 1.26. The lowest BCUT2D eigenvalue weighted by Crippen LogP contribution is -2.42. The Balaban J connectivity index is 1.66. The maximum absolute atomic E-state index is 13.5. The number of nitrogens with one attached hydrogen (secondary N) is 1. The van der Waals surface area contributed by atoms with E-state index in [0.717, 1.165) is 14.2 Å². The number of anilines is 1. The molecule has 0 aromatic heterocycles. The Bertz CT molecular complexity index is 1410. The van der Waals surface area contributed by atoms with Gasteiger partial charge < -0.3 is 10.1 Å². The number of hydrogen-bond donors (Lipinski definition) is 1. The first-order chi connectivity index (χ1) is 17.6. The van der Waals surface area contributed by atoms with Crippen molar-refractivity contribution in [3.05, 3.63) is 84.4 Å². The molecule has 11 heteroatoms. The predicted molar refractivity (Wildman–Crippen MR) is 143 cm³/mol. The Kier molecular flexibility index (Phi) is 9.30. The monoisotopic (exact) mass is 545 g/mol. The second-order valence-electron chi connectivity index (χ2n) is 8.26. The molecule has 1 amide bonds. The van der Waals surface area contributed by atoms with Crippen LogP contribution in [0.4, 0.5) is 5.69 Å². The Morgan fingerprint density at radius 3 is 2.03 bits per heavy atom. The molecule has 0 aliphatic carbocycles. The normalized spacial score (nSPS) is 11.8. The first kappa shape index (κ1) is 28.2. The second kappa shape index (κ2) is 12.2. The predicted octanol–water partition coefficient (Wildman–Crippen LogP) is 2.89. The highest BCUT2D eigenvalue weighted by atomic mass is 32.2. The summed E-state index contributed by atoms with van der Waals surface area (Å²) in [4.78, 5) is 13.0. The van der Waals surface area contributed by atoms with Gasteiger partial charge in [-0.3, -0.25) is 9.10 Å². The average Bonchev–Trinajstić information content (AvgIpc) is 2.90. The number of sulfonamides is 2. The van der Waals surface area contributed by atoms with Crippen molar-refractivity contribution < 1.29 is 26.4 Å². The fourth-order valence-corrected chi connectivity index (χ4v) is 5.92. The van der Waals surface area contributed by atoms with E-state index >= 15 is 0 Å². The summed E-state index contributed by atoms with van der Waals surface area (Å²) in [6.07, 6.45) is 0.598. The summed E-state index contributed by atoms with van der Waals surface area (Å²) < 4.78 is 59.1. The summed E-state index contributed by atoms with van der Waals surface area (Å²) in [7, 11) is -4.62.